The molecule has 25 aromatic carbocycles. The Morgan fingerprint density at radius 2 is 0.422 bits per heavy atom. The fourth-order valence-corrected chi connectivity index (χ4v) is 25.5. The molecular formula is C138H84N6S3. The number of benzene rings is 25. The van der Waals surface area contributed by atoms with Crippen molar-refractivity contribution in [3.05, 3.63) is 510 Å². The molecule has 9 heteroatoms. The lowest BCUT2D eigenvalue weighted by atomic mass is 9.90. The van der Waals surface area contributed by atoms with Crippen molar-refractivity contribution < 1.29 is 0 Å². The minimum absolute atomic E-state index is 0.652. The summed E-state index contributed by atoms with van der Waals surface area (Å²) in [6, 6.07) is 183. The van der Waals surface area contributed by atoms with E-state index in [-0.39, 0.29) is 0 Å². The number of rotatable bonds is 12. The van der Waals surface area contributed by atoms with Gasteiger partial charge >= 0.3 is 0 Å². The van der Waals surface area contributed by atoms with Crippen molar-refractivity contribution >= 4 is 191 Å². The zero-order chi connectivity index (χ0) is 96.9. The first-order valence-corrected chi connectivity index (χ1v) is 52.1. The number of hydrogen-bond donors (Lipinski definition) is 0. The van der Waals surface area contributed by atoms with Gasteiger partial charge < -0.3 is 0 Å². The molecule has 0 bridgehead atoms. The molecule has 6 nitrogen and oxygen atoms in total. The van der Waals surface area contributed by atoms with Gasteiger partial charge in [-0.15, -0.1) is 34.0 Å². The molecule has 30 rings (SSSR count). The standard InChI is InChI=1S/C48H30S.2C45H27N3S/c1-2-10-31(11-3-1)39-27-40(34-20-18-33(19-21-34)37-23-22-32-12-4-5-14-36(32)26-37)29-41(28-39)45-30-38-15-7-8-16-42(38)46-44-25-24-35-13-6-9-17-43(35)47(44)49-48(45)46;1-2-11-30(12-3-1)43-46-44(31-21-18-29(19-22-31)35-23-20-28-10-4-5-13-32(28)24-35)48-45(47-43)39-26-36-16-8-9-17-37(36)42-41(39)38-25-33-14-6-7-15-34(33)27-40(38)49-42;1-2-11-30(12-3-1)43-46-44(31-21-18-29(19-22-31)35-23-20-28-10-4-5-13-32(28)24-35)48-45(47-43)40-27-39-38-25-33-14-6-7-15-34(33)26-41(38)49-42(39)37-17-9-8-16-36(37)40/h1-30H;2*1-27H. The van der Waals surface area contributed by atoms with Gasteiger partial charge in [0.1, 0.15) is 0 Å². The molecule has 0 fully saturated rings. The number of hydrogen-bond acceptors (Lipinski definition) is 9. The van der Waals surface area contributed by atoms with Crippen molar-refractivity contribution in [1.82, 2.24) is 29.9 Å². The Kier molecular flexibility index (Phi) is 21.4. The normalized spacial score (nSPS) is 11.7. The maximum Gasteiger partial charge on any atom is 0.164 e. The fraction of sp³-hybridized carbons (Fsp3) is 0. The van der Waals surface area contributed by atoms with E-state index >= 15 is 0 Å². The zero-order valence-electron chi connectivity index (χ0n) is 79.4. The van der Waals surface area contributed by atoms with Crippen LogP contribution in [0.25, 0.3) is 293 Å². The first-order valence-electron chi connectivity index (χ1n) is 49.7. The third-order valence-electron chi connectivity index (χ3n) is 29.0. The summed E-state index contributed by atoms with van der Waals surface area (Å²) in [6.07, 6.45) is 0. The predicted octanol–water partition coefficient (Wildman–Crippen LogP) is 38.9. The van der Waals surface area contributed by atoms with E-state index in [9.17, 15) is 0 Å². The number of aromatic nitrogens is 6. The SMILES string of the molecule is c1ccc(-c2cc(-c3ccc(-c4ccc5ccccc5c4)cc3)cc(-c3cc4ccccc4c4c3sc3c5ccccc5ccc34)c2)cc1.c1ccc(-c2nc(-c3ccc(-c4ccc5ccccc5c4)cc3)nc(-c3cc4c5cc6ccccc6cc5sc4c4ccccc34)n2)cc1.c1ccc(-c2nc(-c3ccc(-c4ccc5ccccc5c4)cc3)nc(-c3cc4ccccc4c4sc5cc6ccccc6cc5c34)n2)cc1. The highest BCUT2D eigenvalue weighted by atomic mass is 32.1. The van der Waals surface area contributed by atoms with Gasteiger partial charge in [0.25, 0.3) is 0 Å². The topological polar surface area (TPSA) is 77.3 Å². The van der Waals surface area contributed by atoms with Crippen molar-refractivity contribution in [2.24, 2.45) is 0 Å². The van der Waals surface area contributed by atoms with Gasteiger partial charge in [-0.2, -0.15) is 0 Å². The van der Waals surface area contributed by atoms with Gasteiger partial charge in [0.05, 0.1) is 0 Å². The van der Waals surface area contributed by atoms with Crippen LogP contribution in [0.2, 0.25) is 0 Å². The lowest BCUT2D eigenvalue weighted by molar-refractivity contribution is 1.08. The fourth-order valence-electron chi connectivity index (χ4n) is 21.5. The van der Waals surface area contributed by atoms with Gasteiger partial charge in [-0.05, 0) is 232 Å². The van der Waals surface area contributed by atoms with Gasteiger partial charge in [-0.3, -0.25) is 0 Å². The number of nitrogens with zero attached hydrogens (tertiary/aromatic N) is 6. The summed E-state index contributed by atoms with van der Waals surface area (Å²) >= 11 is 5.63. The summed E-state index contributed by atoms with van der Waals surface area (Å²) < 4.78 is 7.77. The molecule has 684 valence electrons. The van der Waals surface area contributed by atoms with Crippen LogP contribution in [-0.2, 0) is 0 Å². The number of fused-ring (bicyclic) bond motifs is 22. The van der Waals surface area contributed by atoms with Gasteiger partial charge in [-0.25, -0.2) is 29.9 Å². The molecule has 0 saturated carbocycles. The predicted molar refractivity (Wildman–Crippen MR) is 628 cm³/mol. The summed E-state index contributed by atoms with van der Waals surface area (Å²) in [7, 11) is 0. The first-order chi connectivity index (χ1) is 72.8. The van der Waals surface area contributed by atoms with E-state index in [0.29, 0.717) is 34.9 Å². The van der Waals surface area contributed by atoms with Crippen LogP contribution in [0, 0.1) is 0 Å². The monoisotopic (exact) mass is 1920 g/mol. The first kappa shape index (κ1) is 86.4. The Labute approximate surface area is 859 Å². The van der Waals surface area contributed by atoms with Crippen LogP contribution < -0.4 is 0 Å². The third kappa shape index (κ3) is 16.0. The molecular weight excluding hydrogens is 1840 g/mol. The van der Waals surface area contributed by atoms with E-state index in [0.717, 1.165) is 49.9 Å². The highest BCUT2D eigenvalue weighted by Gasteiger charge is 2.25. The summed E-state index contributed by atoms with van der Waals surface area (Å²) in [5.41, 5.74) is 20.4. The molecule has 0 aliphatic rings. The summed E-state index contributed by atoms with van der Waals surface area (Å²) in [6.45, 7) is 0. The van der Waals surface area contributed by atoms with Crippen LogP contribution in [-0.4, -0.2) is 29.9 Å². The van der Waals surface area contributed by atoms with Crippen LogP contribution in [0.4, 0.5) is 0 Å². The van der Waals surface area contributed by atoms with Gasteiger partial charge in [0.2, 0.25) is 0 Å². The molecule has 5 aromatic heterocycles. The van der Waals surface area contributed by atoms with Crippen LogP contribution in [0.5, 0.6) is 0 Å². The molecule has 0 atom stereocenters. The minimum atomic E-state index is 0.652. The van der Waals surface area contributed by atoms with E-state index in [1.807, 2.05) is 70.4 Å². The molecule has 0 aliphatic heterocycles. The second kappa shape index (κ2) is 36.5. The summed E-state index contributed by atoms with van der Waals surface area (Å²) in [4.78, 5) is 30.8. The lowest BCUT2D eigenvalue weighted by Crippen LogP contribution is -2.00. The molecule has 0 N–H and O–H groups in total. The Morgan fingerprint density at radius 3 is 0.912 bits per heavy atom. The quantitative estimate of drug-likeness (QED) is 0.121. The molecule has 0 saturated heterocycles. The number of thiophene rings is 3. The Bertz CT molecular complexity index is 10500. The maximum atomic E-state index is 5.23. The van der Waals surface area contributed by atoms with E-state index in [2.05, 4.69) is 473 Å². The Balaban J connectivity index is 0.000000107. The molecule has 0 unspecified atom stereocenters. The summed E-state index contributed by atoms with van der Waals surface area (Å²) in [5.74, 6) is 3.96. The largest absolute Gasteiger partial charge is 0.208 e. The van der Waals surface area contributed by atoms with Crippen LogP contribution in [0.15, 0.2) is 510 Å². The van der Waals surface area contributed by atoms with Crippen molar-refractivity contribution in [2.45, 2.75) is 0 Å². The van der Waals surface area contributed by atoms with Crippen LogP contribution in [0.3, 0.4) is 0 Å². The maximum absolute atomic E-state index is 5.23. The van der Waals surface area contributed by atoms with Crippen molar-refractivity contribution in [2.75, 3.05) is 0 Å². The molecule has 147 heavy (non-hydrogen) atoms. The second-order valence-electron chi connectivity index (χ2n) is 37.8. The van der Waals surface area contributed by atoms with Crippen LogP contribution in [0.1, 0.15) is 0 Å². The Hall–Kier alpha value is -18.5. The molecule has 30 aromatic rings. The van der Waals surface area contributed by atoms with Gasteiger partial charge in [0.15, 0.2) is 34.9 Å². The minimum Gasteiger partial charge on any atom is -0.208 e. The van der Waals surface area contributed by atoms with Crippen LogP contribution >= 0.6 is 34.0 Å². The molecule has 0 amide bonds. The average Bonchev–Trinajstić information content (AvgIpc) is 1.50. The average molecular weight is 1920 g/mol. The van der Waals surface area contributed by atoms with Gasteiger partial charge in [-0.1, -0.05) is 431 Å². The van der Waals surface area contributed by atoms with E-state index in [1.54, 1.807) is 0 Å². The smallest absolute Gasteiger partial charge is 0.164 e. The summed E-state index contributed by atoms with van der Waals surface area (Å²) in [5, 5.41) is 30.0. The molecule has 0 aliphatic carbocycles. The van der Waals surface area contributed by atoms with E-state index in [1.165, 1.54) is 208 Å². The highest BCUT2D eigenvalue weighted by Crippen LogP contribution is 2.51. The zero-order valence-corrected chi connectivity index (χ0v) is 81.9. The van der Waals surface area contributed by atoms with E-state index in [4.69, 9.17) is 29.9 Å². The third-order valence-corrected chi connectivity index (χ3v) is 32.6. The van der Waals surface area contributed by atoms with E-state index < -0.39 is 0 Å². The molecule has 0 spiro atoms. The second-order valence-corrected chi connectivity index (χ2v) is 41.0. The van der Waals surface area contributed by atoms with Crippen molar-refractivity contribution in [3.63, 3.8) is 0 Å². The molecule has 0 radical (unpaired) electrons. The van der Waals surface area contributed by atoms with Crippen molar-refractivity contribution in [3.8, 4) is 135 Å². The highest BCUT2D eigenvalue weighted by molar-refractivity contribution is 7.28. The Morgan fingerprint density at radius 1 is 0.116 bits per heavy atom. The van der Waals surface area contributed by atoms with Crippen molar-refractivity contribution in [1.29, 1.82) is 0 Å². The lowest BCUT2D eigenvalue weighted by Gasteiger charge is -2.14. The van der Waals surface area contributed by atoms with Gasteiger partial charge in [0, 0.05) is 105 Å². The molecule has 5 heterocycles.